The Labute approximate surface area is 74.2 Å². The van der Waals surface area contributed by atoms with E-state index < -0.39 is 0 Å². The van der Waals surface area contributed by atoms with Crippen molar-refractivity contribution in [3.8, 4) is 0 Å². The first-order chi connectivity index (χ1) is 5.76. The van der Waals surface area contributed by atoms with Gasteiger partial charge in [-0.05, 0) is 19.8 Å². The summed E-state index contributed by atoms with van der Waals surface area (Å²) in [6.45, 7) is 3.16. The van der Waals surface area contributed by atoms with Crippen molar-refractivity contribution in [1.82, 2.24) is 0 Å². The average molecular weight is 170 g/mol. The Bertz CT molecular complexity index is 163. The van der Waals surface area contributed by atoms with Crippen molar-refractivity contribution < 1.29 is 9.47 Å². The second-order valence-corrected chi connectivity index (χ2v) is 4.27. The molecule has 0 aromatic carbocycles. The second kappa shape index (κ2) is 3.00. The van der Waals surface area contributed by atoms with Crippen LogP contribution in [0.4, 0.5) is 0 Å². The molecule has 1 heterocycles. The van der Waals surface area contributed by atoms with E-state index in [-0.39, 0.29) is 5.60 Å². The minimum Gasteiger partial charge on any atom is -0.381 e. The van der Waals surface area contributed by atoms with Crippen LogP contribution in [0.15, 0.2) is 0 Å². The van der Waals surface area contributed by atoms with Crippen LogP contribution in [0.5, 0.6) is 0 Å². The minimum atomic E-state index is 0.168. The van der Waals surface area contributed by atoms with Crippen LogP contribution in [0.3, 0.4) is 0 Å². The highest BCUT2D eigenvalue weighted by Gasteiger charge is 2.50. The highest BCUT2D eigenvalue weighted by molar-refractivity contribution is 4.98. The van der Waals surface area contributed by atoms with Gasteiger partial charge in [0.25, 0.3) is 0 Å². The molecular formula is C10H18O2. The van der Waals surface area contributed by atoms with Gasteiger partial charge in [0.1, 0.15) is 0 Å². The maximum atomic E-state index is 5.49. The molecular weight excluding hydrogens is 152 g/mol. The van der Waals surface area contributed by atoms with E-state index in [1.807, 2.05) is 7.11 Å². The van der Waals surface area contributed by atoms with E-state index in [2.05, 4.69) is 6.92 Å². The molecule has 1 unspecified atom stereocenters. The van der Waals surface area contributed by atoms with Crippen LogP contribution in [-0.4, -0.2) is 25.4 Å². The molecule has 2 heteroatoms. The third-order valence-electron chi connectivity index (χ3n) is 3.39. The fraction of sp³-hybridized carbons (Fsp3) is 1.00. The predicted octanol–water partition coefficient (Wildman–Crippen LogP) is 1.98. The molecule has 0 amide bonds. The molecule has 0 radical (unpaired) electrons. The molecule has 1 saturated carbocycles. The number of methoxy groups -OCH3 is 1. The van der Waals surface area contributed by atoms with Gasteiger partial charge in [-0.25, -0.2) is 0 Å². The van der Waals surface area contributed by atoms with Gasteiger partial charge in [-0.2, -0.15) is 0 Å². The molecule has 3 atom stereocenters. The number of hydrogen-bond acceptors (Lipinski definition) is 2. The van der Waals surface area contributed by atoms with Crippen molar-refractivity contribution in [3.63, 3.8) is 0 Å². The van der Waals surface area contributed by atoms with Gasteiger partial charge in [-0.1, -0.05) is 12.8 Å². The highest BCUT2D eigenvalue weighted by Crippen LogP contribution is 2.43. The Morgan fingerprint density at radius 1 is 1.33 bits per heavy atom. The Kier molecular flexibility index (Phi) is 2.13. The normalized spacial score (nSPS) is 47.5. The van der Waals surface area contributed by atoms with Crippen LogP contribution in [0.2, 0.25) is 0 Å². The van der Waals surface area contributed by atoms with Crippen LogP contribution in [-0.2, 0) is 9.47 Å². The first kappa shape index (κ1) is 8.52. The molecule has 2 fully saturated rings. The molecule has 0 bridgehead atoms. The summed E-state index contributed by atoms with van der Waals surface area (Å²) in [6, 6.07) is 0. The van der Waals surface area contributed by atoms with Crippen molar-refractivity contribution in [3.05, 3.63) is 0 Å². The summed E-state index contributed by atoms with van der Waals surface area (Å²) in [5.74, 6) is 0.649. The molecule has 1 aliphatic heterocycles. The van der Waals surface area contributed by atoms with Gasteiger partial charge in [0.05, 0.1) is 18.3 Å². The summed E-state index contributed by atoms with van der Waals surface area (Å²) in [6.07, 6.45) is 5.63. The molecule has 12 heavy (non-hydrogen) atoms. The zero-order valence-corrected chi connectivity index (χ0v) is 8.01. The van der Waals surface area contributed by atoms with Crippen molar-refractivity contribution in [1.29, 1.82) is 0 Å². The molecule has 70 valence electrons. The minimum absolute atomic E-state index is 0.168. The third kappa shape index (κ3) is 1.38. The zero-order valence-electron chi connectivity index (χ0n) is 8.01. The van der Waals surface area contributed by atoms with Gasteiger partial charge in [0, 0.05) is 13.0 Å². The van der Waals surface area contributed by atoms with Crippen molar-refractivity contribution >= 4 is 0 Å². The van der Waals surface area contributed by atoms with Gasteiger partial charge in [-0.3, -0.25) is 0 Å². The maximum Gasteiger partial charge on any atom is 0.0941 e. The molecule has 1 saturated heterocycles. The van der Waals surface area contributed by atoms with E-state index in [0.29, 0.717) is 12.0 Å². The van der Waals surface area contributed by atoms with Gasteiger partial charge in [0.2, 0.25) is 0 Å². The van der Waals surface area contributed by atoms with Crippen LogP contribution < -0.4 is 0 Å². The number of hydrogen-bond donors (Lipinski definition) is 0. The molecule has 0 aromatic rings. The Hall–Kier alpha value is -0.0800. The molecule has 1 aliphatic carbocycles. The van der Waals surface area contributed by atoms with Crippen LogP contribution in [0.1, 0.15) is 32.6 Å². The molecule has 2 rings (SSSR count). The monoisotopic (exact) mass is 170 g/mol. The largest absolute Gasteiger partial charge is 0.381 e. The molecule has 0 N–H and O–H groups in total. The predicted molar refractivity (Wildman–Crippen MR) is 47.1 cm³/mol. The van der Waals surface area contributed by atoms with Crippen molar-refractivity contribution in [2.24, 2.45) is 5.92 Å². The molecule has 2 aliphatic rings. The van der Waals surface area contributed by atoms with Gasteiger partial charge in [-0.15, -0.1) is 0 Å². The van der Waals surface area contributed by atoms with E-state index in [9.17, 15) is 0 Å². The second-order valence-electron chi connectivity index (χ2n) is 4.27. The van der Waals surface area contributed by atoms with Crippen molar-refractivity contribution in [2.75, 3.05) is 13.7 Å². The summed E-state index contributed by atoms with van der Waals surface area (Å²) in [7, 11) is 1.83. The molecule has 2 nitrogen and oxygen atoms in total. The van der Waals surface area contributed by atoms with E-state index in [1.54, 1.807) is 0 Å². The topological polar surface area (TPSA) is 21.8 Å². The zero-order chi connectivity index (χ0) is 8.60. The fourth-order valence-electron chi connectivity index (χ4n) is 2.41. The summed E-state index contributed by atoms with van der Waals surface area (Å²) in [5.41, 5.74) is 0.168. The summed E-state index contributed by atoms with van der Waals surface area (Å²) < 4.78 is 11.0. The highest BCUT2D eigenvalue weighted by atomic mass is 16.6. The Balaban J connectivity index is 2.00. The first-order valence-corrected chi connectivity index (χ1v) is 4.93. The lowest BCUT2D eigenvalue weighted by Gasteiger charge is -2.33. The maximum absolute atomic E-state index is 5.49. The quantitative estimate of drug-likeness (QED) is 0.591. The summed E-state index contributed by atoms with van der Waals surface area (Å²) in [5, 5.41) is 0. The smallest absolute Gasteiger partial charge is 0.0941 e. The van der Waals surface area contributed by atoms with Gasteiger partial charge in [0.15, 0.2) is 0 Å². The number of ether oxygens (including phenoxy) is 2. The lowest BCUT2D eigenvalue weighted by atomic mass is 9.78. The third-order valence-corrected chi connectivity index (χ3v) is 3.39. The van der Waals surface area contributed by atoms with Gasteiger partial charge >= 0.3 is 0 Å². The first-order valence-electron chi connectivity index (χ1n) is 4.93. The average Bonchev–Trinajstić information content (AvgIpc) is 2.85. The Morgan fingerprint density at radius 2 is 2.00 bits per heavy atom. The van der Waals surface area contributed by atoms with E-state index in [0.717, 1.165) is 6.61 Å². The van der Waals surface area contributed by atoms with Crippen LogP contribution in [0, 0.1) is 5.92 Å². The van der Waals surface area contributed by atoms with E-state index >= 15 is 0 Å². The number of rotatable bonds is 2. The van der Waals surface area contributed by atoms with E-state index in [1.165, 1.54) is 25.7 Å². The van der Waals surface area contributed by atoms with Crippen LogP contribution in [0.25, 0.3) is 0 Å². The Morgan fingerprint density at radius 3 is 2.58 bits per heavy atom. The lowest BCUT2D eigenvalue weighted by Crippen LogP contribution is -2.36. The van der Waals surface area contributed by atoms with Crippen molar-refractivity contribution in [2.45, 2.75) is 44.3 Å². The standard InChI is InChI=1S/C10H18O2/c1-10(7-12-10)8-5-3-4-6-9(8)11-2/h8-9H,3-7H2,1-2H3/t8?,9-,10-/m1/s1. The molecule has 0 spiro atoms. The SMILES string of the molecule is CO[C@@H]1CCCCC1[C@@]1(C)CO1. The van der Waals surface area contributed by atoms with E-state index in [4.69, 9.17) is 9.47 Å². The van der Waals surface area contributed by atoms with Crippen LogP contribution >= 0.6 is 0 Å². The summed E-state index contributed by atoms with van der Waals surface area (Å²) in [4.78, 5) is 0. The molecule has 0 aromatic heterocycles. The summed E-state index contributed by atoms with van der Waals surface area (Å²) >= 11 is 0. The fourth-order valence-corrected chi connectivity index (χ4v) is 2.41. The van der Waals surface area contributed by atoms with Gasteiger partial charge < -0.3 is 9.47 Å². The number of epoxide rings is 1. The lowest BCUT2D eigenvalue weighted by molar-refractivity contribution is -0.00768.